The summed E-state index contributed by atoms with van der Waals surface area (Å²) in [4.78, 5) is 36.7. The van der Waals surface area contributed by atoms with Crippen LogP contribution in [0, 0.1) is 6.92 Å². The average Bonchev–Trinajstić information content (AvgIpc) is 2.73. The second-order valence-corrected chi connectivity index (χ2v) is 6.14. The first-order chi connectivity index (χ1) is 13.4. The van der Waals surface area contributed by atoms with E-state index in [1.165, 1.54) is 6.08 Å². The summed E-state index contributed by atoms with van der Waals surface area (Å²) < 4.78 is 5.07. The summed E-state index contributed by atoms with van der Waals surface area (Å²) in [5.41, 5.74) is 1.49. The van der Waals surface area contributed by atoms with Crippen LogP contribution in [0.25, 0.3) is 11.4 Å². The first kappa shape index (κ1) is 21.5. The number of ether oxygens (including phenoxy) is 1. The van der Waals surface area contributed by atoms with Crippen molar-refractivity contribution < 1.29 is 14.3 Å². The largest absolute Gasteiger partial charge is 0.378 e. The summed E-state index contributed by atoms with van der Waals surface area (Å²) in [5.74, 6) is 0.250. The van der Waals surface area contributed by atoms with Gasteiger partial charge in [0.05, 0.1) is 24.6 Å². The predicted octanol–water partition coefficient (Wildman–Crippen LogP) is 1.89. The Balaban J connectivity index is 0.000000237. The molecule has 0 spiro atoms. The number of carbonyl (C=O) groups excluding carboxylic acids is 2. The van der Waals surface area contributed by atoms with Crippen LogP contribution in [0.5, 0.6) is 0 Å². The van der Waals surface area contributed by atoms with E-state index in [1.807, 2.05) is 0 Å². The molecule has 0 aliphatic carbocycles. The average molecular weight is 404 g/mol. The summed E-state index contributed by atoms with van der Waals surface area (Å²) in [6.45, 7) is 7.83. The highest BCUT2D eigenvalue weighted by atomic mass is 35.5. The van der Waals surface area contributed by atoms with Gasteiger partial charge >= 0.3 is 0 Å². The third-order valence-corrected chi connectivity index (χ3v) is 3.98. The van der Waals surface area contributed by atoms with E-state index in [1.54, 1.807) is 43.1 Å². The van der Waals surface area contributed by atoms with Gasteiger partial charge in [-0.1, -0.05) is 24.2 Å². The number of aromatic nitrogens is 3. The van der Waals surface area contributed by atoms with E-state index < -0.39 is 0 Å². The van der Waals surface area contributed by atoms with Gasteiger partial charge in [-0.25, -0.2) is 15.0 Å². The fraction of sp³-hybridized carbons (Fsp3) is 0.316. The van der Waals surface area contributed by atoms with Gasteiger partial charge in [0.15, 0.2) is 0 Å². The van der Waals surface area contributed by atoms with Crippen molar-refractivity contribution in [3.05, 3.63) is 53.6 Å². The third kappa shape index (κ3) is 6.11. The molecule has 2 aromatic rings. The minimum Gasteiger partial charge on any atom is -0.378 e. The lowest BCUT2D eigenvalue weighted by molar-refractivity contribution is -0.129. The SMILES string of the molecule is C=CC(=O)N1CCOCC1.CNC(=O)c1cc(-c2cccc(Cl)n2)nc(C)n1. The molecule has 1 aliphatic rings. The van der Waals surface area contributed by atoms with Crippen molar-refractivity contribution in [2.24, 2.45) is 0 Å². The molecule has 1 fully saturated rings. The monoisotopic (exact) mass is 403 g/mol. The number of aryl methyl sites for hydroxylation is 1. The molecule has 3 rings (SSSR count). The molecule has 0 unspecified atom stereocenters. The number of rotatable bonds is 3. The van der Waals surface area contributed by atoms with Crippen LogP contribution >= 0.6 is 11.6 Å². The van der Waals surface area contributed by atoms with Crippen molar-refractivity contribution in [1.29, 1.82) is 0 Å². The van der Waals surface area contributed by atoms with Crippen LogP contribution in [0.2, 0.25) is 5.15 Å². The number of nitrogens with zero attached hydrogens (tertiary/aromatic N) is 4. The molecule has 9 heteroatoms. The molecule has 8 nitrogen and oxygen atoms in total. The number of amides is 2. The molecule has 0 radical (unpaired) electrons. The molecular formula is C19H22ClN5O3. The van der Waals surface area contributed by atoms with Gasteiger partial charge in [0.1, 0.15) is 16.7 Å². The number of carbonyl (C=O) groups is 2. The number of pyridine rings is 1. The number of hydrogen-bond acceptors (Lipinski definition) is 6. The van der Waals surface area contributed by atoms with Crippen molar-refractivity contribution in [3.63, 3.8) is 0 Å². The highest BCUT2D eigenvalue weighted by Gasteiger charge is 2.13. The Kier molecular flexibility index (Phi) is 8.03. The fourth-order valence-corrected chi connectivity index (χ4v) is 2.57. The van der Waals surface area contributed by atoms with Crippen LogP contribution in [-0.2, 0) is 9.53 Å². The smallest absolute Gasteiger partial charge is 0.269 e. The zero-order valence-corrected chi connectivity index (χ0v) is 16.6. The lowest BCUT2D eigenvalue weighted by Crippen LogP contribution is -2.39. The molecule has 3 heterocycles. The Labute approximate surface area is 168 Å². The van der Waals surface area contributed by atoms with Crippen LogP contribution in [0.1, 0.15) is 16.3 Å². The standard InChI is InChI=1S/C12H11ClN4O.C7H11NO2/c1-7-15-9(6-10(16-7)12(18)14-2)8-4-3-5-11(13)17-8;1-2-7(9)8-3-5-10-6-4-8/h3-6H,1-2H3,(H,14,18);2H,1,3-6H2. The zero-order chi connectivity index (χ0) is 20.5. The first-order valence-corrected chi connectivity index (χ1v) is 9.02. The normalized spacial score (nSPS) is 13.2. The predicted molar refractivity (Wildman–Crippen MR) is 106 cm³/mol. The minimum atomic E-state index is -0.260. The highest BCUT2D eigenvalue weighted by molar-refractivity contribution is 6.29. The summed E-state index contributed by atoms with van der Waals surface area (Å²) in [6, 6.07) is 6.83. The number of halogens is 1. The lowest BCUT2D eigenvalue weighted by Gasteiger charge is -2.25. The molecule has 0 bridgehead atoms. The van der Waals surface area contributed by atoms with Gasteiger partial charge in [-0.15, -0.1) is 0 Å². The van der Waals surface area contributed by atoms with Gasteiger partial charge in [0.25, 0.3) is 5.91 Å². The van der Waals surface area contributed by atoms with E-state index in [-0.39, 0.29) is 11.8 Å². The van der Waals surface area contributed by atoms with Crippen LogP contribution in [0.3, 0.4) is 0 Å². The van der Waals surface area contributed by atoms with Crippen LogP contribution in [0.4, 0.5) is 0 Å². The zero-order valence-electron chi connectivity index (χ0n) is 15.8. The third-order valence-electron chi connectivity index (χ3n) is 3.77. The van der Waals surface area contributed by atoms with Crippen LogP contribution in [-0.4, -0.2) is 65.0 Å². The summed E-state index contributed by atoms with van der Waals surface area (Å²) >= 11 is 5.83. The van der Waals surface area contributed by atoms with Crippen LogP contribution in [0.15, 0.2) is 36.9 Å². The molecule has 0 atom stereocenters. The molecule has 148 valence electrons. The number of nitrogens with one attached hydrogen (secondary N) is 1. The van der Waals surface area contributed by atoms with Gasteiger partial charge in [0, 0.05) is 20.1 Å². The Morgan fingerprint density at radius 2 is 1.93 bits per heavy atom. The lowest BCUT2D eigenvalue weighted by atomic mass is 10.2. The molecule has 0 aromatic carbocycles. The van der Waals surface area contributed by atoms with Gasteiger partial charge in [-0.3, -0.25) is 9.59 Å². The number of hydrogen-bond donors (Lipinski definition) is 1. The van der Waals surface area contributed by atoms with E-state index in [9.17, 15) is 9.59 Å². The van der Waals surface area contributed by atoms with E-state index in [0.717, 1.165) is 0 Å². The van der Waals surface area contributed by atoms with E-state index >= 15 is 0 Å². The Morgan fingerprint density at radius 1 is 1.21 bits per heavy atom. The Hall–Kier alpha value is -2.84. The second-order valence-electron chi connectivity index (χ2n) is 5.75. The maximum absolute atomic E-state index is 11.6. The molecular weight excluding hydrogens is 382 g/mol. The molecule has 28 heavy (non-hydrogen) atoms. The van der Waals surface area contributed by atoms with Gasteiger partial charge in [0.2, 0.25) is 5.91 Å². The summed E-state index contributed by atoms with van der Waals surface area (Å²) in [5, 5.41) is 2.90. The summed E-state index contributed by atoms with van der Waals surface area (Å²) in [6.07, 6.45) is 1.34. The van der Waals surface area contributed by atoms with Gasteiger partial charge in [-0.2, -0.15) is 0 Å². The molecule has 1 aliphatic heterocycles. The number of morpholine rings is 1. The fourth-order valence-electron chi connectivity index (χ4n) is 2.41. The van der Waals surface area contributed by atoms with Crippen molar-refractivity contribution >= 4 is 23.4 Å². The van der Waals surface area contributed by atoms with Gasteiger partial charge < -0.3 is 15.0 Å². The van der Waals surface area contributed by atoms with Crippen molar-refractivity contribution in [1.82, 2.24) is 25.2 Å². The molecule has 2 amide bonds. The molecule has 1 saturated heterocycles. The molecule has 1 N–H and O–H groups in total. The molecule has 0 saturated carbocycles. The topological polar surface area (TPSA) is 97.3 Å². The van der Waals surface area contributed by atoms with E-state index in [2.05, 4.69) is 26.8 Å². The van der Waals surface area contributed by atoms with E-state index in [4.69, 9.17) is 16.3 Å². The highest BCUT2D eigenvalue weighted by Crippen LogP contribution is 2.17. The molecule has 2 aromatic heterocycles. The minimum absolute atomic E-state index is 0.00306. The van der Waals surface area contributed by atoms with Crippen LogP contribution < -0.4 is 5.32 Å². The van der Waals surface area contributed by atoms with E-state index in [0.29, 0.717) is 54.4 Å². The van der Waals surface area contributed by atoms with Gasteiger partial charge in [-0.05, 0) is 31.2 Å². The van der Waals surface area contributed by atoms with Crippen molar-refractivity contribution in [2.45, 2.75) is 6.92 Å². The summed E-state index contributed by atoms with van der Waals surface area (Å²) in [7, 11) is 1.55. The maximum atomic E-state index is 11.6. The second kappa shape index (κ2) is 10.5. The Bertz CT molecular complexity index is 853. The first-order valence-electron chi connectivity index (χ1n) is 8.64. The quantitative estimate of drug-likeness (QED) is 0.620. The van der Waals surface area contributed by atoms with Crippen molar-refractivity contribution in [3.8, 4) is 11.4 Å². The van der Waals surface area contributed by atoms with Crippen molar-refractivity contribution in [2.75, 3.05) is 33.4 Å². The maximum Gasteiger partial charge on any atom is 0.269 e. The Morgan fingerprint density at radius 3 is 2.54 bits per heavy atom.